The van der Waals surface area contributed by atoms with Gasteiger partial charge in [0.15, 0.2) is 0 Å². The first-order valence-corrected chi connectivity index (χ1v) is 3.10. The SMILES string of the molecule is C[N+]([O-])=c1cccccc1. The smallest absolute Gasteiger partial charge is 0.210 e. The average molecular weight is 135 g/mol. The summed E-state index contributed by atoms with van der Waals surface area (Å²) in [5.41, 5.74) is 0. The van der Waals surface area contributed by atoms with Gasteiger partial charge in [-0.25, -0.2) is 4.74 Å². The van der Waals surface area contributed by atoms with E-state index in [4.69, 9.17) is 0 Å². The monoisotopic (exact) mass is 135 g/mol. The maximum atomic E-state index is 10.7. The number of hydrogen-bond donors (Lipinski definition) is 0. The molecule has 0 aromatic heterocycles. The molecule has 0 bridgehead atoms. The van der Waals surface area contributed by atoms with Crippen molar-refractivity contribution in [2.75, 3.05) is 7.05 Å². The van der Waals surface area contributed by atoms with Crippen molar-refractivity contribution in [1.82, 2.24) is 4.74 Å². The fraction of sp³-hybridized carbons (Fsp3) is 0.125. The van der Waals surface area contributed by atoms with E-state index in [2.05, 4.69) is 0 Å². The van der Waals surface area contributed by atoms with Gasteiger partial charge in [-0.15, -0.1) is 0 Å². The highest BCUT2D eigenvalue weighted by atomic mass is 16.5. The van der Waals surface area contributed by atoms with Crippen LogP contribution < -0.4 is 10.1 Å². The van der Waals surface area contributed by atoms with Crippen LogP contribution in [0.4, 0.5) is 0 Å². The Labute approximate surface area is 59.7 Å². The molecule has 0 unspecified atom stereocenters. The van der Waals surface area contributed by atoms with Crippen LogP contribution >= 0.6 is 0 Å². The van der Waals surface area contributed by atoms with E-state index in [0.717, 1.165) is 4.74 Å². The largest absolute Gasteiger partial charge is 0.624 e. The van der Waals surface area contributed by atoms with E-state index in [1.165, 1.54) is 7.05 Å². The highest BCUT2D eigenvalue weighted by Crippen LogP contribution is 1.74. The van der Waals surface area contributed by atoms with Gasteiger partial charge < -0.3 is 5.21 Å². The molecule has 0 spiro atoms. The maximum absolute atomic E-state index is 10.7. The molecule has 1 rings (SSSR count). The van der Waals surface area contributed by atoms with Gasteiger partial charge >= 0.3 is 0 Å². The van der Waals surface area contributed by atoms with E-state index in [0.29, 0.717) is 5.36 Å². The van der Waals surface area contributed by atoms with Crippen LogP contribution in [0.1, 0.15) is 0 Å². The minimum Gasteiger partial charge on any atom is -0.624 e. The summed E-state index contributed by atoms with van der Waals surface area (Å²) < 4.78 is 0.833. The van der Waals surface area contributed by atoms with E-state index < -0.39 is 0 Å². The molecule has 0 heterocycles. The molecule has 0 saturated carbocycles. The Kier molecular flexibility index (Phi) is 2.05. The van der Waals surface area contributed by atoms with Crippen LogP contribution in [-0.4, -0.2) is 7.05 Å². The molecule has 10 heavy (non-hydrogen) atoms. The maximum Gasteiger partial charge on any atom is 0.210 e. The molecule has 0 N–H and O–H groups in total. The Balaban J connectivity index is 3.38. The van der Waals surface area contributed by atoms with Gasteiger partial charge in [-0.05, 0) is 0 Å². The molecule has 2 nitrogen and oxygen atoms in total. The van der Waals surface area contributed by atoms with Gasteiger partial charge in [0.05, 0.1) is 0 Å². The van der Waals surface area contributed by atoms with E-state index in [1.54, 1.807) is 12.1 Å². The Morgan fingerprint density at radius 2 is 1.60 bits per heavy atom. The topological polar surface area (TPSA) is 26.1 Å². The molecule has 0 amide bonds. The summed E-state index contributed by atoms with van der Waals surface area (Å²) in [7, 11) is 1.48. The molecule has 0 aliphatic heterocycles. The molecule has 1 aromatic carbocycles. The number of rotatable bonds is 0. The van der Waals surface area contributed by atoms with Crippen LogP contribution in [0.2, 0.25) is 0 Å². The summed E-state index contributed by atoms with van der Waals surface area (Å²) in [4.78, 5) is 0. The molecule has 1 aromatic rings. The molecular weight excluding hydrogens is 126 g/mol. The van der Waals surface area contributed by atoms with Crippen LogP contribution in [0.5, 0.6) is 0 Å². The lowest BCUT2D eigenvalue weighted by Crippen LogP contribution is -2.17. The van der Waals surface area contributed by atoms with E-state index in [1.807, 2.05) is 24.3 Å². The standard InChI is InChI=1S/C8H9NO/c1-9(10)8-6-4-2-3-5-7-8/h2-7H,1H3. The van der Waals surface area contributed by atoms with E-state index >= 15 is 0 Å². The fourth-order valence-corrected chi connectivity index (χ4v) is 0.702. The van der Waals surface area contributed by atoms with Crippen LogP contribution in [0, 0.1) is 5.21 Å². The Hall–Kier alpha value is -1.31. The predicted octanol–water partition coefficient (Wildman–Crippen LogP) is 0.586. The van der Waals surface area contributed by atoms with E-state index in [-0.39, 0.29) is 0 Å². The van der Waals surface area contributed by atoms with Crippen LogP contribution in [-0.2, 0) is 0 Å². The third-order valence-electron chi connectivity index (χ3n) is 1.23. The van der Waals surface area contributed by atoms with Crippen LogP contribution in [0.25, 0.3) is 0 Å². The van der Waals surface area contributed by atoms with Gasteiger partial charge in [-0.2, -0.15) is 0 Å². The zero-order valence-corrected chi connectivity index (χ0v) is 5.82. The van der Waals surface area contributed by atoms with Gasteiger partial charge in [-0.3, -0.25) is 0 Å². The van der Waals surface area contributed by atoms with Crippen molar-refractivity contribution in [2.45, 2.75) is 0 Å². The summed E-state index contributed by atoms with van der Waals surface area (Å²) in [5.74, 6) is 0. The number of nitrogens with zero attached hydrogens (tertiary/aromatic N) is 1. The third kappa shape index (κ3) is 1.58. The second kappa shape index (κ2) is 3.01. The normalized spacial score (nSPS) is 8.90. The molecule has 0 saturated heterocycles. The van der Waals surface area contributed by atoms with Gasteiger partial charge in [-0.1, -0.05) is 24.3 Å². The van der Waals surface area contributed by atoms with Crippen molar-refractivity contribution < 1.29 is 0 Å². The summed E-state index contributed by atoms with van der Waals surface area (Å²) >= 11 is 0. The van der Waals surface area contributed by atoms with Gasteiger partial charge in [0.1, 0.15) is 7.05 Å². The zero-order valence-electron chi connectivity index (χ0n) is 5.82. The molecule has 0 atom stereocenters. The average Bonchev–Trinajstić information content (AvgIpc) is 2.12. The zero-order chi connectivity index (χ0) is 7.40. The first-order chi connectivity index (χ1) is 4.80. The molecule has 0 fully saturated rings. The second-order valence-electron chi connectivity index (χ2n) is 2.03. The molecule has 0 aliphatic carbocycles. The number of hydrogen-bond acceptors (Lipinski definition) is 1. The lowest BCUT2D eigenvalue weighted by molar-refractivity contribution is 0.889. The Morgan fingerprint density at radius 1 is 1.10 bits per heavy atom. The summed E-state index contributed by atoms with van der Waals surface area (Å²) in [5, 5.41) is 11.4. The summed E-state index contributed by atoms with van der Waals surface area (Å²) in [6.45, 7) is 0. The van der Waals surface area contributed by atoms with Crippen molar-refractivity contribution >= 4 is 0 Å². The van der Waals surface area contributed by atoms with Gasteiger partial charge in [0.25, 0.3) is 0 Å². The molecule has 0 radical (unpaired) electrons. The van der Waals surface area contributed by atoms with Crippen molar-refractivity contribution in [1.29, 1.82) is 0 Å². The molecule has 2 heteroatoms. The lowest BCUT2D eigenvalue weighted by Gasteiger charge is -1.90. The van der Waals surface area contributed by atoms with E-state index in [9.17, 15) is 5.21 Å². The summed E-state index contributed by atoms with van der Waals surface area (Å²) in [6.07, 6.45) is 0. The molecule has 52 valence electrons. The first-order valence-electron chi connectivity index (χ1n) is 3.10. The first kappa shape index (κ1) is 6.81. The van der Waals surface area contributed by atoms with Gasteiger partial charge in [0, 0.05) is 12.1 Å². The van der Waals surface area contributed by atoms with Gasteiger partial charge in [0.2, 0.25) is 5.36 Å². The molecular formula is C8H9NO. The minimum atomic E-state index is 0.671. The highest BCUT2D eigenvalue weighted by molar-refractivity contribution is 5.00. The van der Waals surface area contributed by atoms with Crippen molar-refractivity contribution in [2.24, 2.45) is 0 Å². The lowest BCUT2D eigenvalue weighted by atomic mass is 10.5. The summed E-state index contributed by atoms with van der Waals surface area (Å²) in [6, 6.07) is 11.0. The predicted molar refractivity (Wildman–Crippen MR) is 41.0 cm³/mol. The minimum absolute atomic E-state index is 0.671. The Morgan fingerprint density at radius 3 is 2.00 bits per heavy atom. The number of hydroxylamine groups is 1. The quantitative estimate of drug-likeness (QED) is 0.377. The molecule has 0 aliphatic rings. The van der Waals surface area contributed by atoms with Crippen LogP contribution in [0.3, 0.4) is 0 Å². The van der Waals surface area contributed by atoms with Crippen molar-refractivity contribution in [3.05, 3.63) is 47.0 Å². The Bertz CT molecular complexity index is 254. The third-order valence-corrected chi connectivity index (χ3v) is 1.23. The van der Waals surface area contributed by atoms with Crippen LogP contribution in [0.15, 0.2) is 36.4 Å². The fourth-order valence-electron chi connectivity index (χ4n) is 0.702. The van der Waals surface area contributed by atoms with Crippen molar-refractivity contribution in [3.8, 4) is 0 Å². The van der Waals surface area contributed by atoms with Crippen molar-refractivity contribution in [3.63, 3.8) is 0 Å². The second-order valence-corrected chi connectivity index (χ2v) is 2.03. The highest BCUT2D eigenvalue weighted by Gasteiger charge is 1.80.